The molecule has 0 aliphatic rings. The highest BCUT2D eigenvalue weighted by Crippen LogP contribution is 2.25. The van der Waals surface area contributed by atoms with Crippen molar-refractivity contribution in [3.8, 4) is 17.0 Å². The van der Waals surface area contributed by atoms with Gasteiger partial charge in [-0.3, -0.25) is 5.43 Å². The maximum Gasteiger partial charge on any atom is 0.343 e. The van der Waals surface area contributed by atoms with Gasteiger partial charge in [-0.15, -0.1) is 11.3 Å². The summed E-state index contributed by atoms with van der Waals surface area (Å²) in [6, 6.07) is 22.7. The number of ether oxygens (including phenoxy) is 1. The highest BCUT2D eigenvalue weighted by molar-refractivity contribution is 7.14. The van der Waals surface area contributed by atoms with E-state index in [4.69, 9.17) is 4.74 Å². The number of anilines is 1. The number of carbonyl (C=O) groups excluding carboxylic acids is 1. The first-order valence-corrected chi connectivity index (χ1v) is 10.7. The molecule has 0 spiro atoms. The number of aromatic nitrogens is 1. The quantitative estimate of drug-likeness (QED) is 0.175. The van der Waals surface area contributed by atoms with Crippen molar-refractivity contribution in [2.75, 3.05) is 5.43 Å². The van der Waals surface area contributed by atoms with Crippen LogP contribution in [0.2, 0.25) is 0 Å². The van der Waals surface area contributed by atoms with Gasteiger partial charge in [0.15, 0.2) is 0 Å². The number of hydrogen-bond acceptors (Lipinski definition) is 6. The fraction of sp³-hybridized carbons (Fsp3) is 0.0800. The molecule has 0 saturated carbocycles. The number of rotatable bonds is 6. The molecule has 1 heterocycles. The molecule has 0 atom stereocenters. The van der Waals surface area contributed by atoms with E-state index in [0.29, 0.717) is 11.3 Å². The Morgan fingerprint density at radius 2 is 1.77 bits per heavy atom. The lowest BCUT2D eigenvalue weighted by Gasteiger charge is -2.05. The first kappa shape index (κ1) is 20.5. The minimum atomic E-state index is -0.375. The summed E-state index contributed by atoms with van der Waals surface area (Å²) in [6.45, 7) is 4.00. The summed E-state index contributed by atoms with van der Waals surface area (Å²) in [6.07, 6.45) is 1.69. The summed E-state index contributed by atoms with van der Waals surface area (Å²) < 4.78 is 5.43. The Morgan fingerprint density at radius 1 is 1.00 bits per heavy atom. The van der Waals surface area contributed by atoms with Crippen LogP contribution >= 0.6 is 11.3 Å². The van der Waals surface area contributed by atoms with Crippen molar-refractivity contribution < 1.29 is 9.53 Å². The van der Waals surface area contributed by atoms with E-state index < -0.39 is 0 Å². The Kier molecular flexibility index (Phi) is 6.19. The molecule has 0 fully saturated rings. The van der Waals surface area contributed by atoms with Crippen molar-refractivity contribution >= 4 is 28.7 Å². The highest BCUT2D eigenvalue weighted by Gasteiger charge is 2.08. The van der Waals surface area contributed by atoms with E-state index in [1.165, 1.54) is 16.9 Å². The second-order valence-electron chi connectivity index (χ2n) is 7.10. The van der Waals surface area contributed by atoms with Gasteiger partial charge in [-0.2, -0.15) is 5.10 Å². The third-order valence-corrected chi connectivity index (χ3v) is 5.32. The molecular formula is C25H21N3O2S. The average molecular weight is 428 g/mol. The third-order valence-electron chi connectivity index (χ3n) is 4.57. The van der Waals surface area contributed by atoms with E-state index in [2.05, 4.69) is 46.7 Å². The number of nitrogens with zero attached hydrogens (tertiary/aromatic N) is 2. The Hall–Kier alpha value is -3.77. The van der Waals surface area contributed by atoms with E-state index in [0.717, 1.165) is 27.5 Å². The highest BCUT2D eigenvalue weighted by atomic mass is 32.1. The van der Waals surface area contributed by atoms with Crippen LogP contribution in [0.25, 0.3) is 11.3 Å². The van der Waals surface area contributed by atoms with Gasteiger partial charge in [0.05, 0.1) is 17.5 Å². The molecule has 0 unspecified atom stereocenters. The lowest BCUT2D eigenvalue weighted by molar-refractivity contribution is 0.0734. The van der Waals surface area contributed by atoms with Crippen LogP contribution < -0.4 is 10.2 Å². The van der Waals surface area contributed by atoms with Crippen molar-refractivity contribution in [3.63, 3.8) is 0 Å². The molecule has 0 saturated heterocycles. The summed E-state index contributed by atoms with van der Waals surface area (Å²) in [5.74, 6) is 0.110. The Bertz CT molecular complexity index is 1210. The van der Waals surface area contributed by atoms with Gasteiger partial charge in [0.25, 0.3) is 0 Å². The Balaban J connectivity index is 1.34. The Morgan fingerprint density at radius 3 is 2.52 bits per heavy atom. The van der Waals surface area contributed by atoms with E-state index >= 15 is 0 Å². The molecule has 3 aromatic carbocycles. The molecule has 4 aromatic rings. The second-order valence-corrected chi connectivity index (χ2v) is 7.96. The first-order chi connectivity index (χ1) is 15.1. The van der Waals surface area contributed by atoms with Crippen LogP contribution in [0.4, 0.5) is 5.13 Å². The summed E-state index contributed by atoms with van der Waals surface area (Å²) in [4.78, 5) is 16.8. The van der Waals surface area contributed by atoms with Crippen molar-refractivity contribution in [2.24, 2.45) is 5.10 Å². The molecule has 4 rings (SSSR count). The summed E-state index contributed by atoms with van der Waals surface area (Å²) in [7, 11) is 0. The van der Waals surface area contributed by atoms with Crippen molar-refractivity contribution in [3.05, 3.63) is 100 Å². The monoisotopic (exact) mass is 427 g/mol. The summed E-state index contributed by atoms with van der Waals surface area (Å²) in [5, 5.41) is 6.96. The number of esters is 1. The smallest absolute Gasteiger partial charge is 0.343 e. The van der Waals surface area contributed by atoms with Crippen LogP contribution in [0.3, 0.4) is 0 Å². The number of nitrogens with one attached hydrogen (secondary N) is 1. The number of aryl methyl sites for hydroxylation is 2. The molecule has 0 aliphatic heterocycles. The van der Waals surface area contributed by atoms with Crippen LogP contribution in [0.5, 0.6) is 5.75 Å². The Labute approximate surface area is 185 Å². The summed E-state index contributed by atoms with van der Waals surface area (Å²) >= 11 is 1.50. The number of hydrazone groups is 1. The number of benzene rings is 3. The van der Waals surface area contributed by atoms with Gasteiger partial charge in [-0.05, 0) is 55.8 Å². The van der Waals surface area contributed by atoms with Crippen molar-refractivity contribution in [1.82, 2.24) is 4.98 Å². The molecule has 31 heavy (non-hydrogen) atoms. The molecule has 0 aliphatic carbocycles. The van der Waals surface area contributed by atoms with Gasteiger partial charge >= 0.3 is 5.97 Å². The van der Waals surface area contributed by atoms with Gasteiger partial charge < -0.3 is 4.74 Å². The van der Waals surface area contributed by atoms with Gasteiger partial charge in [0.2, 0.25) is 5.13 Å². The third kappa shape index (κ3) is 5.43. The standard InChI is InChI=1S/C25H21N3O2S/c1-17-6-10-20(11-7-17)23-16-31-25(27-23)28-26-15-19-8-12-22(13-9-19)30-24(29)21-5-3-4-18(2)14-21/h3-16H,1-2H3,(H,27,28)/b26-15+. The maximum absolute atomic E-state index is 12.2. The van der Waals surface area contributed by atoms with Crippen molar-refractivity contribution in [1.29, 1.82) is 0 Å². The lowest BCUT2D eigenvalue weighted by atomic mass is 10.1. The molecule has 1 N–H and O–H groups in total. The minimum absolute atomic E-state index is 0.375. The van der Waals surface area contributed by atoms with Crippen LogP contribution in [0, 0.1) is 13.8 Å². The van der Waals surface area contributed by atoms with Gasteiger partial charge in [-0.25, -0.2) is 9.78 Å². The molecule has 1 aromatic heterocycles. The molecule has 5 nitrogen and oxygen atoms in total. The largest absolute Gasteiger partial charge is 0.423 e. The lowest BCUT2D eigenvalue weighted by Crippen LogP contribution is -2.08. The fourth-order valence-electron chi connectivity index (χ4n) is 2.90. The molecule has 6 heteroatoms. The molecule has 0 amide bonds. The molecular weight excluding hydrogens is 406 g/mol. The van der Waals surface area contributed by atoms with Gasteiger partial charge in [0, 0.05) is 10.9 Å². The van der Waals surface area contributed by atoms with Crippen LogP contribution in [-0.2, 0) is 0 Å². The van der Waals surface area contributed by atoms with Crippen LogP contribution in [0.1, 0.15) is 27.0 Å². The minimum Gasteiger partial charge on any atom is -0.423 e. The van der Waals surface area contributed by atoms with Crippen LogP contribution in [-0.4, -0.2) is 17.2 Å². The number of thiazole rings is 1. The molecule has 154 valence electrons. The zero-order valence-corrected chi connectivity index (χ0v) is 18.0. The topological polar surface area (TPSA) is 63.6 Å². The normalized spacial score (nSPS) is 10.9. The van der Waals surface area contributed by atoms with Crippen LogP contribution in [0.15, 0.2) is 83.3 Å². The SMILES string of the molecule is Cc1ccc(-c2csc(N/N=C/c3ccc(OC(=O)c4cccc(C)c4)cc3)n2)cc1. The van der Waals surface area contributed by atoms with Gasteiger partial charge in [-0.1, -0.05) is 47.5 Å². The molecule has 0 radical (unpaired) electrons. The predicted molar refractivity (Wildman–Crippen MR) is 126 cm³/mol. The zero-order chi connectivity index (χ0) is 21.6. The second kappa shape index (κ2) is 9.36. The fourth-order valence-corrected chi connectivity index (χ4v) is 3.57. The maximum atomic E-state index is 12.2. The number of hydrogen-bond donors (Lipinski definition) is 1. The van der Waals surface area contributed by atoms with E-state index in [-0.39, 0.29) is 5.97 Å². The van der Waals surface area contributed by atoms with E-state index in [1.54, 1.807) is 30.5 Å². The zero-order valence-electron chi connectivity index (χ0n) is 17.2. The predicted octanol–water partition coefficient (Wildman–Crippen LogP) is 6.09. The molecule has 0 bridgehead atoms. The van der Waals surface area contributed by atoms with E-state index in [1.807, 2.05) is 36.6 Å². The van der Waals surface area contributed by atoms with E-state index in [9.17, 15) is 4.79 Å². The first-order valence-electron chi connectivity index (χ1n) is 9.77. The number of carbonyl (C=O) groups is 1. The van der Waals surface area contributed by atoms with Gasteiger partial charge in [0.1, 0.15) is 5.75 Å². The summed E-state index contributed by atoms with van der Waals surface area (Å²) in [5.41, 5.74) is 8.60. The van der Waals surface area contributed by atoms with Crippen molar-refractivity contribution in [2.45, 2.75) is 13.8 Å². The average Bonchev–Trinajstić information content (AvgIpc) is 3.24.